The first-order valence-electron chi connectivity index (χ1n) is 6.14. The summed E-state index contributed by atoms with van der Waals surface area (Å²) in [6.07, 6.45) is 0. The number of hydrogen-bond acceptors (Lipinski definition) is 3. The molecule has 0 aliphatic rings. The van der Waals surface area contributed by atoms with Crippen molar-refractivity contribution in [2.75, 3.05) is 19.5 Å². The lowest BCUT2D eigenvalue weighted by Gasteiger charge is -2.14. The van der Waals surface area contributed by atoms with E-state index in [1.165, 1.54) is 0 Å². The number of nitrogens with one attached hydrogen (secondary N) is 1. The van der Waals surface area contributed by atoms with E-state index in [9.17, 15) is 0 Å². The van der Waals surface area contributed by atoms with Crippen LogP contribution in [-0.4, -0.2) is 14.2 Å². The normalized spacial score (nSPS) is 10.3. The average molecular weight is 480 g/mol. The third-order valence-electron chi connectivity index (χ3n) is 2.95. The third kappa shape index (κ3) is 4.14. The molecule has 2 aromatic carbocycles. The van der Waals surface area contributed by atoms with Gasteiger partial charge in [-0.15, -0.1) is 0 Å². The Bertz CT molecular complexity index is 647. The van der Waals surface area contributed by atoms with E-state index in [4.69, 9.17) is 9.47 Å². The molecule has 0 heterocycles. The van der Waals surface area contributed by atoms with E-state index >= 15 is 0 Å². The minimum absolute atomic E-state index is 0.668. The minimum Gasteiger partial charge on any atom is -0.493 e. The highest BCUT2D eigenvalue weighted by Gasteiger charge is 2.10. The van der Waals surface area contributed by atoms with E-state index in [1.807, 2.05) is 30.3 Å². The van der Waals surface area contributed by atoms with Gasteiger partial charge in [0.1, 0.15) is 0 Å². The monoisotopic (exact) mass is 477 g/mol. The molecule has 0 amide bonds. The van der Waals surface area contributed by atoms with Crippen LogP contribution in [0.2, 0.25) is 0 Å². The predicted octanol–water partition coefficient (Wildman–Crippen LogP) is 5.60. The van der Waals surface area contributed by atoms with Crippen LogP contribution in [0.1, 0.15) is 5.56 Å². The quantitative estimate of drug-likeness (QED) is 0.605. The van der Waals surface area contributed by atoms with Crippen molar-refractivity contribution in [1.29, 1.82) is 0 Å². The lowest BCUT2D eigenvalue weighted by atomic mass is 10.2. The Morgan fingerprint density at radius 1 is 0.905 bits per heavy atom. The number of hydrogen-bond donors (Lipinski definition) is 1. The molecule has 0 unspecified atom stereocenters. The minimum atomic E-state index is 0.668. The van der Waals surface area contributed by atoms with Gasteiger partial charge >= 0.3 is 0 Å². The molecule has 1 N–H and O–H groups in total. The second-order valence-corrected chi connectivity index (χ2v) is 6.90. The standard InChI is InChI=1S/C15H14Br3NO2/c1-20-14-5-9(11(17)7-15(14)21-2)8-19-13-4-3-10(16)6-12(13)18/h3-7,19H,8H2,1-2H3. The predicted molar refractivity (Wildman–Crippen MR) is 96.4 cm³/mol. The summed E-state index contributed by atoms with van der Waals surface area (Å²) >= 11 is 10.5. The van der Waals surface area contributed by atoms with Crippen molar-refractivity contribution in [3.05, 3.63) is 49.3 Å². The highest BCUT2D eigenvalue weighted by atomic mass is 79.9. The molecule has 0 saturated carbocycles. The zero-order chi connectivity index (χ0) is 15.4. The van der Waals surface area contributed by atoms with Crippen LogP contribution in [0.25, 0.3) is 0 Å². The fourth-order valence-corrected chi connectivity index (χ4v) is 3.50. The van der Waals surface area contributed by atoms with E-state index in [-0.39, 0.29) is 0 Å². The zero-order valence-electron chi connectivity index (χ0n) is 11.5. The summed E-state index contributed by atoms with van der Waals surface area (Å²) in [5, 5.41) is 3.39. The Balaban J connectivity index is 2.19. The number of halogens is 3. The van der Waals surface area contributed by atoms with Crippen LogP contribution in [0.5, 0.6) is 11.5 Å². The fourth-order valence-electron chi connectivity index (χ4n) is 1.86. The van der Waals surface area contributed by atoms with Gasteiger partial charge in [-0.1, -0.05) is 31.9 Å². The van der Waals surface area contributed by atoms with Crippen LogP contribution < -0.4 is 14.8 Å². The van der Waals surface area contributed by atoms with E-state index in [2.05, 4.69) is 53.1 Å². The van der Waals surface area contributed by atoms with Crippen LogP contribution in [0.4, 0.5) is 5.69 Å². The van der Waals surface area contributed by atoms with E-state index in [0.717, 1.165) is 24.7 Å². The Labute approximate surface area is 149 Å². The number of anilines is 1. The molecule has 0 saturated heterocycles. The first kappa shape index (κ1) is 16.6. The van der Waals surface area contributed by atoms with Gasteiger partial charge in [0.2, 0.25) is 0 Å². The van der Waals surface area contributed by atoms with Crippen LogP contribution >= 0.6 is 47.8 Å². The molecule has 0 aliphatic carbocycles. The molecular weight excluding hydrogens is 466 g/mol. The molecule has 0 fully saturated rings. The van der Waals surface area contributed by atoms with Gasteiger partial charge in [0, 0.05) is 25.7 Å². The summed E-state index contributed by atoms with van der Waals surface area (Å²) in [4.78, 5) is 0. The molecule has 112 valence electrons. The maximum absolute atomic E-state index is 5.33. The topological polar surface area (TPSA) is 30.5 Å². The molecule has 2 rings (SSSR count). The second kappa shape index (κ2) is 7.51. The summed E-state index contributed by atoms with van der Waals surface area (Å²) in [5.41, 5.74) is 2.11. The lowest BCUT2D eigenvalue weighted by Crippen LogP contribution is -2.02. The summed E-state index contributed by atoms with van der Waals surface area (Å²) in [5.74, 6) is 1.42. The lowest BCUT2D eigenvalue weighted by molar-refractivity contribution is 0.354. The molecule has 2 aromatic rings. The van der Waals surface area contributed by atoms with Crippen molar-refractivity contribution >= 4 is 53.5 Å². The fraction of sp³-hybridized carbons (Fsp3) is 0.200. The van der Waals surface area contributed by atoms with Crippen molar-refractivity contribution in [3.63, 3.8) is 0 Å². The average Bonchev–Trinajstić information content (AvgIpc) is 2.47. The molecule has 6 heteroatoms. The number of methoxy groups -OCH3 is 2. The van der Waals surface area contributed by atoms with E-state index in [1.54, 1.807) is 14.2 Å². The number of rotatable bonds is 5. The Morgan fingerprint density at radius 2 is 1.57 bits per heavy atom. The molecular formula is C15H14Br3NO2. The van der Waals surface area contributed by atoms with Gasteiger partial charge in [-0.2, -0.15) is 0 Å². The van der Waals surface area contributed by atoms with Gasteiger partial charge in [0.25, 0.3) is 0 Å². The maximum atomic E-state index is 5.33. The van der Waals surface area contributed by atoms with Gasteiger partial charge in [-0.05, 0) is 51.8 Å². The van der Waals surface area contributed by atoms with Crippen molar-refractivity contribution in [2.24, 2.45) is 0 Å². The Hall–Kier alpha value is -0.720. The summed E-state index contributed by atoms with van der Waals surface area (Å²) < 4.78 is 13.6. The SMILES string of the molecule is COc1cc(Br)c(CNc2ccc(Br)cc2Br)cc1OC. The summed E-state index contributed by atoms with van der Waals surface area (Å²) in [6, 6.07) is 9.89. The molecule has 0 aromatic heterocycles. The highest BCUT2D eigenvalue weighted by Crippen LogP contribution is 2.34. The van der Waals surface area contributed by atoms with Gasteiger partial charge in [-0.25, -0.2) is 0 Å². The van der Waals surface area contributed by atoms with Crippen molar-refractivity contribution in [2.45, 2.75) is 6.54 Å². The zero-order valence-corrected chi connectivity index (χ0v) is 16.3. The third-order valence-corrected chi connectivity index (χ3v) is 4.84. The maximum Gasteiger partial charge on any atom is 0.161 e. The van der Waals surface area contributed by atoms with E-state index in [0.29, 0.717) is 18.0 Å². The summed E-state index contributed by atoms with van der Waals surface area (Å²) in [7, 11) is 3.26. The molecule has 0 radical (unpaired) electrons. The van der Waals surface area contributed by atoms with Crippen LogP contribution in [-0.2, 0) is 6.54 Å². The molecule has 0 bridgehead atoms. The van der Waals surface area contributed by atoms with Gasteiger partial charge < -0.3 is 14.8 Å². The number of benzene rings is 2. The highest BCUT2D eigenvalue weighted by molar-refractivity contribution is 9.11. The van der Waals surface area contributed by atoms with Crippen LogP contribution in [0.15, 0.2) is 43.7 Å². The van der Waals surface area contributed by atoms with Gasteiger partial charge in [-0.3, -0.25) is 0 Å². The Morgan fingerprint density at radius 3 is 2.19 bits per heavy atom. The smallest absolute Gasteiger partial charge is 0.161 e. The van der Waals surface area contributed by atoms with Crippen molar-refractivity contribution in [3.8, 4) is 11.5 Å². The molecule has 0 spiro atoms. The second-order valence-electron chi connectivity index (χ2n) is 4.28. The molecule has 0 atom stereocenters. The van der Waals surface area contributed by atoms with Gasteiger partial charge in [0.15, 0.2) is 11.5 Å². The number of ether oxygens (including phenoxy) is 2. The summed E-state index contributed by atoms with van der Waals surface area (Å²) in [6.45, 7) is 0.668. The molecule has 21 heavy (non-hydrogen) atoms. The first-order valence-corrected chi connectivity index (χ1v) is 8.52. The molecule has 3 nitrogen and oxygen atoms in total. The Kier molecular flexibility index (Phi) is 5.96. The van der Waals surface area contributed by atoms with Crippen LogP contribution in [0.3, 0.4) is 0 Å². The van der Waals surface area contributed by atoms with Crippen LogP contribution in [0, 0.1) is 0 Å². The first-order chi connectivity index (χ1) is 10.0. The van der Waals surface area contributed by atoms with E-state index < -0.39 is 0 Å². The van der Waals surface area contributed by atoms with Gasteiger partial charge in [0.05, 0.1) is 14.2 Å². The largest absolute Gasteiger partial charge is 0.493 e. The van der Waals surface area contributed by atoms with Crippen molar-refractivity contribution in [1.82, 2.24) is 0 Å². The van der Waals surface area contributed by atoms with Crippen molar-refractivity contribution < 1.29 is 9.47 Å². The molecule has 0 aliphatic heterocycles.